The number of Topliss-reactive ketones (excluding diaryl/α,β-unsaturated/α-hetero) is 1. The third-order valence-corrected chi connectivity index (χ3v) is 2.25. The van der Waals surface area contributed by atoms with Crippen LogP contribution in [0, 0.1) is 6.92 Å². The number of hydrogen-bond acceptors (Lipinski definition) is 4. The number of anilines is 1. The van der Waals surface area contributed by atoms with Crippen LogP contribution in [0.25, 0.3) is 0 Å². The summed E-state index contributed by atoms with van der Waals surface area (Å²) < 4.78 is 0. The molecular weight excluding hydrogens is 218 g/mol. The molecular formula is C9H8ClN3O2. The number of amides is 1. The number of rotatable bonds is 1. The average molecular weight is 226 g/mol. The van der Waals surface area contributed by atoms with Crippen LogP contribution in [0.15, 0.2) is 6.07 Å². The highest BCUT2D eigenvalue weighted by molar-refractivity contribution is 6.29. The fourth-order valence-corrected chi connectivity index (χ4v) is 1.67. The van der Waals surface area contributed by atoms with E-state index >= 15 is 0 Å². The van der Waals surface area contributed by atoms with Gasteiger partial charge in [0.25, 0.3) is 0 Å². The van der Waals surface area contributed by atoms with Gasteiger partial charge in [-0.2, -0.15) is 0 Å². The van der Waals surface area contributed by atoms with E-state index in [9.17, 15) is 9.59 Å². The van der Waals surface area contributed by atoms with Crippen LogP contribution in [0.4, 0.5) is 5.82 Å². The third kappa shape index (κ3) is 1.97. The number of aromatic nitrogens is 2. The van der Waals surface area contributed by atoms with Crippen molar-refractivity contribution >= 4 is 29.1 Å². The van der Waals surface area contributed by atoms with Gasteiger partial charge in [0, 0.05) is 6.07 Å². The van der Waals surface area contributed by atoms with Crippen LogP contribution >= 0.6 is 11.6 Å². The van der Waals surface area contributed by atoms with E-state index < -0.39 is 0 Å². The lowest BCUT2D eigenvalue weighted by molar-refractivity contribution is -0.121. The Morgan fingerprint density at radius 3 is 2.67 bits per heavy atom. The van der Waals surface area contributed by atoms with Gasteiger partial charge in [0.1, 0.15) is 16.8 Å². The fraction of sp³-hybridized carbons (Fsp3) is 0.333. The van der Waals surface area contributed by atoms with Crippen molar-refractivity contribution in [1.29, 1.82) is 0 Å². The third-order valence-electron chi connectivity index (χ3n) is 2.05. The minimum atomic E-state index is -0.242. The lowest BCUT2D eigenvalue weighted by Crippen LogP contribution is -2.25. The van der Waals surface area contributed by atoms with Crippen LogP contribution in [0.5, 0.6) is 0 Å². The molecule has 0 spiro atoms. The van der Waals surface area contributed by atoms with Gasteiger partial charge in [-0.15, -0.1) is 0 Å². The quantitative estimate of drug-likeness (QED) is 0.523. The smallest absolute Gasteiger partial charge is 0.236 e. The average Bonchev–Trinajstić information content (AvgIpc) is 2.43. The second-order valence-corrected chi connectivity index (χ2v) is 3.68. The summed E-state index contributed by atoms with van der Waals surface area (Å²) >= 11 is 5.74. The topological polar surface area (TPSA) is 63.2 Å². The van der Waals surface area contributed by atoms with Gasteiger partial charge in [-0.25, -0.2) is 9.97 Å². The van der Waals surface area contributed by atoms with E-state index in [2.05, 4.69) is 9.97 Å². The maximum Gasteiger partial charge on any atom is 0.236 e. The lowest BCUT2D eigenvalue weighted by Gasteiger charge is -2.13. The van der Waals surface area contributed by atoms with Gasteiger partial charge in [-0.1, -0.05) is 11.6 Å². The molecule has 0 bridgehead atoms. The van der Waals surface area contributed by atoms with Crippen molar-refractivity contribution in [3.05, 3.63) is 17.0 Å². The number of hydrogen-bond donors (Lipinski definition) is 0. The van der Waals surface area contributed by atoms with Crippen molar-refractivity contribution in [2.45, 2.75) is 13.3 Å². The van der Waals surface area contributed by atoms with E-state index in [0.29, 0.717) is 11.6 Å². The standard InChI is InChI=1S/C9H8ClN3O2/c1-5-11-7(10)3-8(12-5)13-4-6(14)2-9(13)15/h3H,2,4H2,1H3. The first-order valence-electron chi connectivity index (χ1n) is 4.39. The Bertz CT molecular complexity index is 427. The van der Waals surface area contributed by atoms with Crippen molar-refractivity contribution in [3.8, 4) is 0 Å². The first-order valence-corrected chi connectivity index (χ1v) is 4.77. The SMILES string of the molecule is Cc1nc(Cl)cc(N2CC(=O)CC2=O)n1. The maximum atomic E-state index is 11.4. The molecule has 0 N–H and O–H groups in total. The van der Waals surface area contributed by atoms with Gasteiger partial charge >= 0.3 is 0 Å². The summed E-state index contributed by atoms with van der Waals surface area (Å²) in [6.07, 6.45) is -0.0549. The molecule has 0 aromatic carbocycles. The zero-order chi connectivity index (χ0) is 11.0. The molecule has 1 amide bonds. The van der Waals surface area contributed by atoms with Crippen LogP contribution in [0.3, 0.4) is 0 Å². The minimum Gasteiger partial charge on any atom is -0.297 e. The number of nitrogens with zero attached hydrogens (tertiary/aromatic N) is 3. The first kappa shape index (κ1) is 10.0. The van der Waals surface area contributed by atoms with Crippen molar-refractivity contribution in [1.82, 2.24) is 9.97 Å². The molecule has 5 nitrogen and oxygen atoms in total. The number of carbonyl (C=O) groups excluding carboxylic acids is 2. The maximum absolute atomic E-state index is 11.4. The van der Waals surface area contributed by atoms with Crippen LogP contribution in [-0.4, -0.2) is 28.2 Å². The Balaban J connectivity index is 2.37. The van der Waals surface area contributed by atoms with Gasteiger partial charge in [0.15, 0.2) is 5.78 Å². The fourth-order valence-electron chi connectivity index (χ4n) is 1.45. The second kappa shape index (κ2) is 3.58. The molecule has 1 saturated heterocycles. The molecule has 1 aliphatic rings. The zero-order valence-corrected chi connectivity index (χ0v) is 8.78. The number of aryl methyl sites for hydroxylation is 1. The molecule has 0 saturated carbocycles. The highest BCUT2D eigenvalue weighted by Gasteiger charge is 2.29. The van der Waals surface area contributed by atoms with Crippen LogP contribution in [-0.2, 0) is 9.59 Å². The zero-order valence-electron chi connectivity index (χ0n) is 8.03. The van der Waals surface area contributed by atoms with E-state index in [0.717, 1.165) is 0 Å². The van der Waals surface area contributed by atoms with E-state index in [1.807, 2.05) is 0 Å². The predicted molar refractivity (Wildman–Crippen MR) is 53.8 cm³/mol. The van der Waals surface area contributed by atoms with Crippen molar-refractivity contribution in [2.24, 2.45) is 0 Å². The summed E-state index contributed by atoms with van der Waals surface area (Å²) in [5.74, 6) is 0.523. The molecule has 0 atom stereocenters. The molecule has 1 aromatic heterocycles. The number of halogens is 1. The second-order valence-electron chi connectivity index (χ2n) is 3.29. The summed E-state index contributed by atoms with van der Waals surface area (Å²) in [4.78, 5) is 31.7. The summed E-state index contributed by atoms with van der Waals surface area (Å²) in [6, 6.07) is 1.48. The molecule has 1 fully saturated rings. The lowest BCUT2D eigenvalue weighted by atomic mass is 10.3. The highest BCUT2D eigenvalue weighted by atomic mass is 35.5. The summed E-state index contributed by atoms with van der Waals surface area (Å²) in [7, 11) is 0. The highest BCUT2D eigenvalue weighted by Crippen LogP contribution is 2.20. The Labute approximate surface area is 91.1 Å². The minimum absolute atomic E-state index is 0.0549. The van der Waals surface area contributed by atoms with Crippen LogP contribution in [0.1, 0.15) is 12.2 Å². The van der Waals surface area contributed by atoms with E-state index in [1.54, 1.807) is 6.92 Å². The van der Waals surface area contributed by atoms with Crippen LogP contribution < -0.4 is 4.90 Å². The normalized spacial score (nSPS) is 16.3. The molecule has 15 heavy (non-hydrogen) atoms. The Kier molecular flexibility index (Phi) is 2.40. The Morgan fingerprint density at radius 2 is 2.13 bits per heavy atom. The molecule has 78 valence electrons. The predicted octanol–water partition coefficient (Wildman–Crippen LogP) is 0.744. The van der Waals surface area contributed by atoms with Crippen LogP contribution in [0.2, 0.25) is 5.15 Å². The van der Waals surface area contributed by atoms with Crippen molar-refractivity contribution in [2.75, 3.05) is 11.4 Å². The molecule has 1 aliphatic heterocycles. The van der Waals surface area contributed by atoms with E-state index in [-0.39, 0.29) is 29.8 Å². The summed E-state index contributed by atoms with van der Waals surface area (Å²) in [6.45, 7) is 1.75. The molecule has 0 unspecified atom stereocenters. The largest absolute Gasteiger partial charge is 0.297 e. The van der Waals surface area contributed by atoms with Gasteiger partial charge in [-0.05, 0) is 6.92 Å². The number of ketones is 1. The Morgan fingerprint density at radius 1 is 1.40 bits per heavy atom. The number of carbonyl (C=O) groups is 2. The van der Waals surface area contributed by atoms with Gasteiger partial charge in [0.2, 0.25) is 5.91 Å². The van der Waals surface area contributed by atoms with Crippen molar-refractivity contribution < 1.29 is 9.59 Å². The first-order chi connectivity index (χ1) is 7.06. The summed E-state index contributed by atoms with van der Waals surface area (Å²) in [5, 5.41) is 0.268. The van der Waals surface area contributed by atoms with Gasteiger partial charge < -0.3 is 0 Å². The van der Waals surface area contributed by atoms with E-state index in [4.69, 9.17) is 11.6 Å². The molecule has 0 aliphatic carbocycles. The molecule has 2 heterocycles. The van der Waals surface area contributed by atoms with E-state index in [1.165, 1.54) is 11.0 Å². The Hall–Kier alpha value is -1.49. The molecule has 1 aromatic rings. The van der Waals surface area contributed by atoms with Gasteiger partial charge in [0.05, 0.1) is 13.0 Å². The van der Waals surface area contributed by atoms with Crippen molar-refractivity contribution in [3.63, 3.8) is 0 Å². The monoisotopic (exact) mass is 225 g/mol. The molecule has 0 radical (unpaired) electrons. The molecule has 2 rings (SSSR count). The summed E-state index contributed by atoms with van der Waals surface area (Å²) in [5.41, 5.74) is 0. The molecule has 6 heteroatoms. The van der Waals surface area contributed by atoms with Gasteiger partial charge in [-0.3, -0.25) is 14.5 Å².